The number of rotatable bonds is 6. The van der Waals surface area contributed by atoms with Gasteiger partial charge >= 0.3 is 6.03 Å². The fourth-order valence-electron chi connectivity index (χ4n) is 3.66. The highest BCUT2D eigenvalue weighted by atomic mass is 16.5. The first-order valence-electron chi connectivity index (χ1n) is 9.37. The lowest BCUT2D eigenvalue weighted by Gasteiger charge is -2.43. The molecule has 1 fully saturated rings. The van der Waals surface area contributed by atoms with Crippen LogP contribution < -0.4 is 10.1 Å². The molecule has 8 heteroatoms. The molecule has 28 heavy (non-hydrogen) atoms. The minimum atomic E-state index is -0.554. The van der Waals surface area contributed by atoms with E-state index in [1.54, 1.807) is 44.5 Å². The summed E-state index contributed by atoms with van der Waals surface area (Å²) in [5.41, 5.74) is 1.05. The van der Waals surface area contributed by atoms with E-state index in [2.05, 4.69) is 12.2 Å². The minimum Gasteiger partial charge on any atom is -0.497 e. The van der Waals surface area contributed by atoms with E-state index in [1.165, 1.54) is 11.9 Å². The summed E-state index contributed by atoms with van der Waals surface area (Å²) in [4.78, 5) is 42.5. The quantitative estimate of drug-likeness (QED) is 0.810. The van der Waals surface area contributed by atoms with E-state index in [0.29, 0.717) is 23.7 Å². The lowest BCUT2D eigenvalue weighted by Crippen LogP contribution is -2.62. The van der Waals surface area contributed by atoms with Crippen LogP contribution >= 0.6 is 0 Å². The number of hydrogen-bond acceptors (Lipinski definition) is 5. The maximum atomic E-state index is 13.0. The van der Waals surface area contributed by atoms with Crippen molar-refractivity contribution in [3.8, 4) is 5.75 Å². The predicted octanol–water partition coefficient (Wildman–Crippen LogP) is 2.10. The number of carbonyl (C=O) groups excluding carboxylic acids is 3. The van der Waals surface area contributed by atoms with Crippen molar-refractivity contribution in [1.82, 2.24) is 14.7 Å². The Morgan fingerprint density at radius 3 is 2.46 bits per heavy atom. The fraction of sp³-hybridized carbons (Fsp3) is 0.450. The number of hydrogen-bond donors (Lipinski definition) is 1. The standard InChI is InChI=1S/C20H26N4O4/c1-5-6-11-24-16(17(25)21-13-7-9-14(28-4)10-8-13)12-15-18(24)22(2)20(27)23(3)19(15)26/h7-10,12,15,18H,5-6,11H2,1-4H3,(H,21,25). The van der Waals surface area contributed by atoms with Crippen molar-refractivity contribution >= 4 is 23.5 Å². The Labute approximate surface area is 164 Å². The molecule has 1 aromatic rings. The number of nitrogens with one attached hydrogen (secondary N) is 1. The zero-order chi connectivity index (χ0) is 20.4. The predicted molar refractivity (Wildman–Crippen MR) is 105 cm³/mol. The van der Waals surface area contributed by atoms with Crippen LogP contribution in [0.15, 0.2) is 36.0 Å². The van der Waals surface area contributed by atoms with Gasteiger partial charge in [0.25, 0.3) is 5.91 Å². The number of benzene rings is 1. The molecule has 2 aliphatic heterocycles. The molecule has 2 atom stereocenters. The van der Waals surface area contributed by atoms with Gasteiger partial charge in [-0.15, -0.1) is 0 Å². The molecule has 1 aromatic carbocycles. The maximum absolute atomic E-state index is 13.0. The van der Waals surface area contributed by atoms with Crippen LogP contribution in [0.1, 0.15) is 19.8 Å². The van der Waals surface area contributed by atoms with Crippen molar-refractivity contribution in [2.45, 2.75) is 25.9 Å². The summed E-state index contributed by atoms with van der Waals surface area (Å²) in [6, 6.07) is 6.67. The van der Waals surface area contributed by atoms with Crippen LogP contribution in [-0.2, 0) is 9.59 Å². The minimum absolute atomic E-state index is 0.290. The van der Waals surface area contributed by atoms with E-state index in [-0.39, 0.29) is 17.8 Å². The van der Waals surface area contributed by atoms with Crippen LogP contribution in [-0.4, -0.2) is 66.5 Å². The number of urea groups is 1. The Hall–Kier alpha value is -3.03. The van der Waals surface area contributed by atoms with Gasteiger partial charge in [0.05, 0.1) is 13.0 Å². The molecule has 0 spiro atoms. The number of unbranched alkanes of at least 4 members (excludes halogenated alkanes) is 1. The van der Waals surface area contributed by atoms with Gasteiger partial charge in [0.15, 0.2) is 0 Å². The number of ether oxygens (including phenoxy) is 1. The third kappa shape index (κ3) is 3.42. The number of methoxy groups -OCH3 is 1. The first-order chi connectivity index (χ1) is 13.4. The molecular formula is C20H26N4O4. The van der Waals surface area contributed by atoms with Gasteiger partial charge in [0, 0.05) is 26.3 Å². The second kappa shape index (κ2) is 7.92. The molecule has 0 aromatic heterocycles. The summed E-state index contributed by atoms with van der Waals surface area (Å²) < 4.78 is 5.13. The Bertz CT molecular complexity index is 805. The molecular weight excluding hydrogens is 360 g/mol. The van der Waals surface area contributed by atoms with Gasteiger partial charge in [-0.05, 0) is 36.8 Å². The van der Waals surface area contributed by atoms with Crippen LogP contribution in [0, 0.1) is 5.92 Å². The van der Waals surface area contributed by atoms with Gasteiger partial charge in [-0.2, -0.15) is 0 Å². The lowest BCUT2D eigenvalue weighted by molar-refractivity contribution is -0.137. The summed E-state index contributed by atoms with van der Waals surface area (Å²) in [6.45, 7) is 2.65. The SMILES string of the molecule is CCCCN1C(C(=O)Nc2ccc(OC)cc2)=CC2C(=O)N(C)C(=O)N(C)C21. The molecule has 1 N–H and O–H groups in total. The molecule has 2 heterocycles. The molecule has 1 saturated heterocycles. The van der Waals surface area contributed by atoms with E-state index in [0.717, 1.165) is 17.7 Å². The first kappa shape index (κ1) is 19.7. The van der Waals surface area contributed by atoms with Crippen LogP contribution in [0.2, 0.25) is 0 Å². The molecule has 8 nitrogen and oxygen atoms in total. The van der Waals surface area contributed by atoms with Gasteiger partial charge in [-0.1, -0.05) is 13.3 Å². The van der Waals surface area contributed by atoms with Gasteiger partial charge in [-0.25, -0.2) is 4.79 Å². The first-order valence-corrected chi connectivity index (χ1v) is 9.37. The monoisotopic (exact) mass is 386 g/mol. The average Bonchev–Trinajstić information content (AvgIpc) is 3.09. The molecule has 2 aliphatic rings. The van der Waals surface area contributed by atoms with Crippen molar-refractivity contribution in [3.63, 3.8) is 0 Å². The molecule has 2 unspecified atom stereocenters. The number of amides is 4. The smallest absolute Gasteiger partial charge is 0.327 e. The second-order valence-electron chi connectivity index (χ2n) is 7.01. The largest absolute Gasteiger partial charge is 0.497 e. The molecule has 4 amide bonds. The Morgan fingerprint density at radius 2 is 1.86 bits per heavy atom. The van der Waals surface area contributed by atoms with E-state index in [1.807, 2.05) is 4.90 Å². The number of imide groups is 1. The van der Waals surface area contributed by atoms with Crippen LogP contribution in [0.25, 0.3) is 0 Å². The van der Waals surface area contributed by atoms with E-state index in [4.69, 9.17) is 4.74 Å². The van der Waals surface area contributed by atoms with Crippen LogP contribution in [0.5, 0.6) is 5.75 Å². The van der Waals surface area contributed by atoms with Gasteiger partial charge in [0.2, 0.25) is 5.91 Å². The zero-order valence-electron chi connectivity index (χ0n) is 16.6. The van der Waals surface area contributed by atoms with E-state index >= 15 is 0 Å². The molecule has 0 bridgehead atoms. The van der Waals surface area contributed by atoms with Crippen molar-refractivity contribution in [2.75, 3.05) is 33.1 Å². The number of fused-ring (bicyclic) bond motifs is 1. The number of carbonyl (C=O) groups is 3. The summed E-state index contributed by atoms with van der Waals surface area (Å²) >= 11 is 0. The highest BCUT2D eigenvalue weighted by molar-refractivity contribution is 6.06. The summed E-state index contributed by atoms with van der Waals surface area (Å²) in [6.07, 6.45) is 3.00. The number of nitrogens with zero attached hydrogens (tertiary/aromatic N) is 3. The van der Waals surface area contributed by atoms with Crippen molar-refractivity contribution < 1.29 is 19.1 Å². The molecule has 3 rings (SSSR count). The Balaban J connectivity index is 1.87. The van der Waals surface area contributed by atoms with Crippen molar-refractivity contribution in [2.24, 2.45) is 5.92 Å². The third-order valence-corrected chi connectivity index (χ3v) is 5.22. The summed E-state index contributed by atoms with van der Waals surface area (Å²) in [5.74, 6) is -0.447. The van der Waals surface area contributed by atoms with Gasteiger partial charge in [0.1, 0.15) is 17.6 Å². The molecule has 150 valence electrons. The van der Waals surface area contributed by atoms with Gasteiger partial charge in [-0.3, -0.25) is 14.5 Å². The molecule has 0 saturated carbocycles. The third-order valence-electron chi connectivity index (χ3n) is 5.22. The number of anilines is 1. The highest BCUT2D eigenvalue weighted by Gasteiger charge is 2.50. The van der Waals surface area contributed by atoms with E-state index < -0.39 is 12.1 Å². The topological polar surface area (TPSA) is 82.2 Å². The molecule has 0 radical (unpaired) electrons. The normalized spacial score (nSPS) is 21.6. The van der Waals surface area contributed by atoms with E-state index in [9.17, 15) is 14.4 Å². The van der Waals surface area contributed by atoms with Gasteiger partial charge < -0.3 is 19.9 Å². The average molecular weight is 386 g/mol. The van der Waals surface area contributed by atoms with Crippen molar-refractivity contribution in [3.05, 3.63) is 36.0 Å². The highest BCUT2D eigenvalue weighted by Crippen LogP contribution is 2.35. The zero-order valence-corrected chi connectivity index (χ0v) is 16.6. The Morgan fingerprint density at radius 1 is 1.18 bits per heavy atom. The maximum Gasteiger partial charge on any atom is 0.327 e. The summed E-state index contributed by atoms with van der Waals surface area (Å²) in [5, 5.41) is 2.87. The Kier molecular flexibility index (Phi) is 5.58. The van der Waals surface area contributed by atoms with Crippen LogP contribution in [0.4, 0.5) is 10.5 Å². The van der Waals surface area contributed by atoms with Crippen molar-refractivity contribution in [1.29, 1.82) is 0 Å². The molecule has 0 aliphatic carbocycles. The summed E-state index contributed by atoms with van der Waals surface area (Å²) in [7, 11) is 4.72. The fourth-order valence-corrected chi connectivity index (χ4v) is 3.66. The second-order valence-corrected chi connectivity index (χ2v) is 7.01. The van der Waals surface area contributed by atoms with Crippen LogP contribution in [0.3, 0.4) is 0 Å². The lowest BCUT2D eigenvalue weighted by atomic mass is 10.0.